The van der Waals surface area contributed by atoms with Gasteiger partial charge in [-0.25, -0.2) is 13.1 Å². The highest BCUT2D eigenvalue weighted by Gasteiger charge is 2.30. The van der Waals surface area contributed by atoms with E-state index in [1.807, 2.05) is 32.0 Å². The Bertz CT molecular complexity index is 811. The smallest absolute Gasteiger partial charge is 0.416 e. The first-order valence-electron chi connectivity index (χ1n) is 7.46. The van der Waals surface area contributed by atoms with Crippen molar-refractivity contribution in [1.29, 1.82) is 0 Å². The molecule has 0 fully saturated rings. The molecule has 4 nitrogen and oxygen atoms in total. The largest absolute Gasteiger partial charge is 0.492 e. The van der Waals surface area contributed by atoms with E-state index in [9.17, 15) is 21.6 Å². The van der Waals surface area contributed by atoms with Crippen molar-refractivity contribution in [3.8, 4) is 5.75 Å². The summed E-state index contributed by atoms with van der Waals surface area (Å²) in [5, 5.41) is 0. The van der Waals surface area contributed by atoms with Crippen LogP contribution in [0.25, 0.3) is 0 Å². The van der Waals surface area contributed by atoms with Crippen LogP contribution in [0, 0.1) is 13.8 Å². The molecule has 0 heterocycles. The van der Waals surface area contributed by atoms with Gasteiger partial charge >= 0.3 is 6.18 Å². The van der Waals surface area contributed by atoms with E-state index in [0.29, 0.717) is 5.75 Å². The van der Waals surface area contributed by atoms with E-state index in [1.165, 1.54) is 0 Å². The van der Waals surface area contributed by atoms with Gasteiger partial charge in [-0.05, 0) is 61.4 Å². The van der Waals surface area contributed by atoms with Crippen LogP contribution in [0.15, 0.2) is 47.4 Å². The SMILES string of the molecule is Cc1cc(C)cc(OCCNS(=O)(=O)c2ccc(C(F)(F)F)cc2)c1. The molecule has 8 heteroatoms. The maximum Gasteiger partial charge on any atom is 0.416 e. The number of hydrogen-bond acceptors (Lipinski definition) is 3. The first-order valence-corrected chi connectivity index (χ1v) is 8.94. The standard InChI is InChI=1S/C17H18F3NO3S/c1-12-9-13(2)11-15(10-12)24-8-7-21-25(22,23)16-5-3-14(4-6-16)17(18,19)20/h3-6,9-11,21H,7-8H2,1-2H3. The lowest BCUT2D eigenvalue weighted by Gasteiger charge is -2.11. The molecule has 0 aromatic heterocycles. The molecule has 0 aliphatic heterocycles. The van der Waals surface area contributed by atoms with Crippen LogP contribution in [-0.2, 0) is 16.2 Å². The van der Waals surface area contributed by atoms with Gasteiger partial charge < -0.3 is 4.74 Å². The van der Waals surface area contributed by atoms with E-state index >= 15 is 0 Å². The molecule has 1 N–H and O–H groups in total. The number of benzene rings is 2. The molecule has 25 heavy (non-hydrogen) atoms. The Labute approximate surface area is 144 Å². The van der Waals surface area contributed by atoms with Crippen molar-refractivity contribution >= 4 is 10.0 Å². The molecule has 0 spiro atoms. The maximum absolute atomic E-state index is 12.5. The quantitative estimate of drug-likeness (QED) is 0.786. The summed E-state index contributed by atoms with van der Waals surface area (Å²) in [6, 6.07) is 8.97. The average molecular weight is 373 g/mol. The fourth-order valence-corrected chi connectivity index (χ4v) is 3.28. The number of nitrogens with one attached hydrogen (secondary N) is 1. The van der Waals surface area contributed by atoms with Crippen molar-refractivity contribution in [2.45, 2.75) is 24.9 Å². The highest BCUT2D eigenvalue weighted by molar-refractivity contribution is 7.89. The van der Waals surface area contributed by atoms with Crippen LogP contribution >= 0.6 is 0 Å². The Balaban J connectivity index is 1.93. The van der Waals surface area contributed by atoms with Crippen molar-refractivity contribution in [3.63, 3.8) is 0 Å². The lowest BCUT2D eigenvalue weighted by Crippen LogP contribution is -2.28. The van der Waals surface area contributed by atoms with Crippen molar-refractivity contribution < 1.29 is 26.3 Å². The normalized spacial score (nSPS) is 12.2. The molecule has 0 saturated heterocycles. The molecule has 0 aliphatic rings. The van der Waals surface area contributed by atoms with Crippen LogP contribution in [0.2, 0.25) is 0 Å². The average Bonchev–Trinajstić information content (AvgIpc) is 2.50. The van der Waals surface area contributed by atoms with Crippen LogP contribution < -0.4 is 9.46 Å². The Morgan fingerprint density at radius 2 is 1.56 bits per heavy atom. The molecule has 0 atom stereocenters. The van der Waals surface area contributed by atoms with E-state index in [1.54, 1.807) is 0 Å². The van der Waals surface area contributed by atoms with Gasteiger partial charge in [0.2, 0.25) is 10.0 Å². The van der Waals surface area contributed by atoms with Crippen molar-refractivity contribution in [2.75, 3.05) is 13.2 Å². The van der Waals surface area contributed by atoms with Crippen LogP contribution in [0.1, 0.15) is 16.7 Å². The van der Waals surface area contributed by atoms with Crippen LogP contribution in [-0.4, -0.2) is 21.6 Å². The van der Waals surface area contributed by atoms with Crippen molar-refractivity contribution in [3.05, 3.63) is 59.2 Å². The fourth-order valence-electron chi connectivity index (χ4n) is 2.27. The molecular formula is C17H18F3NO3S. The number of rotatable bonds is 6. The molecule has 0 bridgehead atoms. The molecule has 0 aliphatic carbocycles. The zero-order valence-electron chi connectivity index (χ0n) is 13.7. The topological polar surface area (TPSA) is 55.4 Å². The second kappa shape index (κ2) is 7.45. The fraction of sp³-hybridized carbons (Fsp3) is 0.294. The van der Waals surface area contributed by atoms with Gasteiger partial charge in [0.25, 0.3) is 0 Å². The van der Waals surface area contributed by atoms with Crippen LogP contribution in [0.3, 0.4) is 0 Å². The molecule has 0 saturated carbocycles. The summed E-state index contributed by atoms with van der Waals surface area (Å²) in [6.07, 6.45) is -4.50. The zero-order valence-corrected chi connectivity index (χ0v) is 14.5. The van der Waals surface area contributed by atoms with Gasteiger partial charge in [-0.3, -0.25) is 0 Å². The van der Waals surface area contributed by atoms with Crippen molar-refractivity contribution in [1.82, 2.24) is 4.72 Å². The first kappa shape index (κ1) is 19.3. The van der Waals surface area contributed by atoms with Crippen LogP contribution in [0.4, 0.5) is 13.2 Å². The number of ether oxygens (including phenoxy) is 1. The Kier molecular flexibility index (Phi) is 5.74. The van der Waals surface area contributed by atoms with Crippen molar-refractivity contribution in [2.24, 2.45) is 0 Å². The zero-order chi connectivity index (χ0) is 18.7. The van der Waals surface area contributed by atoms with Gasteiger partial charge in [-0.15, -0.1) is 0 Å². The Morgan fingerprint density at radius 1 is 1.00 bits per heavy atom. The number of halogens is 3. The predicted molar refractivity (Wildman–Crippen MR) is 88.0 cm³/mol. The summed E-state index contributed by atoms with van der Waals surface area (Å²) in [4.78, 5) is -0.230. The highest BCUT2D eigenvalue weighted by Crippen LogP contribution is 2.29. The Hall–Kier alpha value is -2.06. The van der Waals surface area contributed by atoms with Gasteiger partial charge in [-0.1, -0.05) is 6.07 Å². The van der Waals surface area contributed by atoms with Gasteiger partial charge in [-0.2, -0.15) is 13.2 Å². The summed E-state index contributed by atoms with van der Waals surface area (Å²) in [6.45, 7) is 3.94. The summed E-state index contributed by atoms with van der Waals surface area (Å²) in [5.41, 5.74) is 1.16. The maximum atomic E-state index is 12.5. The molecule has 0 radical (unpaired) electrons. The molecule has 2 rings (SSSR count). The third kappa shape index (κ3) is 5.47. The summed E-state index contributed by atoms with van der Waals surface area (Å²) < 4.78 is 69.4. The summed E-state index contributed by atoms with van der Waals surface area (Å²) >= 11 is 0. The lowest BCUT2D eigenvalue weighted by atomic mass is 10.1. The molecule has 2 aromatic rings. The van der Waals surface area contributed by atoms with E-state index in [2.05, 4.69) is 4.72 Å². The van der Waals surface area contributed by atoms with Gasteiger partial charge in [0.1, 0.15) is 12.4 Å². The van der Waals surface area contributed by atoms with Crippen LogP contribution in [0.5, 0.6) is 5.75 Å². The highest BCUT2D eigenvalue weighted by atomic mass is 32.2. The van der Waals surface area contributed by atoms with E-state index in [-0.39, 0.29) is 18.0 Å². The Morgan fingerprint density at radius 3 is 2.08 bits per heavy atom. The number of hydrogen-bond donors (Lipinski definition) is 1. The lowest BCUT2D eigenvalue weighted by molar-refractivity contribution is -0.137. The van der Waals surface area contributed by atoms with Gasteiger partial charge in [0, 0.05) is 6.54 Å². The number of aryl methyl sites for hydroxylation is 2. The number of alkyl halides is 3. The van der Waals surface area contributed by atoms with E-state index < -0.39 is 21.8 Å². The second-order valence-electron chi connectivity index (χ2n) is 5.59. The minimum absolute atomic E-state index is 0.00363. The third-order valence-corrected chi connectivity index (χ3v) is 4.83. The molecule has 0 amide bonds. The summed E-state index contributed by atoms with van der Waals surface area (Å²) in [7, 11) is -3.89. The van der Waals surface area contributed by atoms with E-state index in [4.69, 9.17) is 4.74 Å². The molecule has 136 valence electrons. The molecule has 2 aromatic carbocycles. The molecular weight excluding hydrogens is 355 g/mol. The summed E-state index contributed by atoms with van der Waals surface area (Å²) in [5.74, 6) is 0.631. The van der Waals surface area contributed by atoms with Gasteiger partial charge in [0.15, 0.2) is 0 Å². The minimum atomic E-state index is -4.50. The third-order valence-electron chi connectivity index (χ3n) is 3.35. The second-order valence-corrected chi connectivity index (χ2v) is 7.36. The monoisotopic (exact) mass is 373 g/mol. The predicted octanol–water partition coefficient (Wildman–Crippen LogP) is 3.68. The number of sulfonamides is 1. The van der Waals surface area contributed by atoms with E-state index in [0.717, 1.165) is 35.4 Å². The minimum Gasteiger partial charge on any atom is -0.492 e. The first-order chi connectivity index (χ1) is 11.6. The van der Waals surface area contributed by atoms with Gasteiger partial charge in [0.05, 0.1) is 10.5 Å². The molecule has 0 unspecified atom stereocenters.